The number of para-hydroxylation sites is 4. The molecule has 0 spiro atoms. The molecule has 3 aromatic rings. The van der Waals surface area contributed by atoms with E-state index in [2.05, 4.69) is 10.6 Å². The Morgan fingerprint density at radius 2 is 1.37 bits per heavy atom. The number of imide groups is 1. The molecule has 0 bridgehead atoms. The van der Waals surface area contributed by atoms with Gasteiger partial charge < -0.3 is 29.6 Å². The molecule has 1 aliphatic rings. The number of nitrogens with one attached hydrogen (secondary N) is 2. The summed E-state index contributed by atoms with van der Waals surface area (Å²) in [5, 5.41) is 4.81. The van der Waals surface area contributed by atoms with Crippen molar-refractivity contribution in [2.45, 2.75) is 0 Å². The smallest absolute Gasteiger partial charge is 0.294 e. The molecule has 1 fully saturated rings. The number of ether oxygens (including phenoxy) is 4. The lowest BCUT2D eigenvalue weighted by Crippen LogP contribution is -2.36. The van der Waals surface area contributed by atoms with Gasteiger partial charge in [0.05, 0.1) is 37.6 Å². The third-order valence-electron chi connectivity index (χ3n) is 5.78. The van der Waals surface area contributed by atoms with Gasteiger partial charge in [0.1, 0.15) is 18.0 Å². The van der Waals surface area contributed by atoms with Crippen LogP contribution in [0.3, 0.4) is 0 Å². The molecule has 0 atom stereocenters. The Labute approximate surface area is 240 Å². The molecule has 4 amide bonds. The van der Waals surface area contributed by atoms with Gasteiger partial charge in [-0.25, -0.2) is 0 Å². The summed E-state index contributed by atoms with van der Waals surface area (Å²) in [6.45, 7) is -0.739. The van der Waals surface area contributed by atoms with E-state index in [0.717, 1.165) is 16.7 Å². The highest BCUT2D eigenvalue weighted by atomic mass is 32.2. The molecule has 0 saturated carbocycles. The third-order valence-corrected chi connectivity index (χ3v) is 6.69. The summed E-state index contributed by atoms with van der Waals surface area (Å²) >= 11 is 0.727. The largest absolute Gasteiger partial charge is 0.495 e. The fraction of sp³-hybridized carbons (Fsp3) is 0.172. The zero-order chi connectivity index (χ0) is 29.4. The van der Waals surface area contributed by atoms with Crippen LogP contribution in [0.1, 0.15) is 5.56 Å². The van der Waals surface area contributed by atoms with Gasteiger partial charge in [0.25, 0.3) is 17.1 Å². The van der Waals surface area contributed by atoms with E-state index in [1.807, 2.05) is 0 Å². The number of nitrogens with zero attached hydrogens (tertiary/aromatic N) is 1. The SMILES string of the molecule is COc1ccccc1NC(=O)COc1ccc(/C=C2\SC(=O)N(CC(=O)Nc3ccccc3OC)C2=O)cc1OC. The molecule has 212 valence electrons. The predicted octanol–water partition coefficient (Wildman–Crippen LogP) is 4.40. The molecule has 12 heteroatoms. The summed E-state index contributed by atoms with van der Waals surface area (Å²) in [6, 6.07) is 18.7. The van der Waals surface area contributed by atoms with Gasteiger partial charge in [0.2, 0.25) is 5.91 Å². The molecular weight excluding hydrogens is 550 g/mol. The lowest BCUT2D eigenvalue weighted by Gasteiger charge is -2.14. The summed E-state index contributed by atoms with van der Waals surface area (Å²) < 4.78 is 21.5. The summed E-state index contributed by atoms with van der Waals surface area (Å²) in [5.74, 6) is 0.0558. The highest BCUT2D eigenvalue weighted by Crippen LogP contribution is 2.35. The Hall–Kier alpha value is -4.97. The van der Waals surface area contributed by atoms with Crippen LogP contribution in [0.5, 0.6) is 23.0 Å². The molecule has 1 saturated heterocycles. The monoisotopic (exact) mass is 577 g/mol. The van der Waals surface area contributed by atoms with Gasteiger partial charge in [0.15, 0.2) is 18.1 Å². The first-order valence-corrected chi connectivity index (χ1v) is 13.1. The number of anilines is 2. The van der Waals surface area contributed by atoms with Crippen LogP contribution in [0, 0.1) is 0 Å². The topological polar surface area (TPSA) is 132 Å². The summed E-state index contributed by atoms with van der Waals surface area (Å²) in [5.41, 5.74) is 1.49. The molecule has 41 heavy (non-hydrogen) atoms. The van der Waals surface area contributed by atoms with Gasteiger partial charge in [-0.1, -0.05) is 30.3 Å². The second kappa shape index (κ2) is 13.4. The van der Waals surface area contributed by atoms with Crippen LogP contribution in [-0.2, 0) is 14.4 Å². The van der Waals surface area contributed by atoms with Gasteiger partial charge in [-0.3, -0.25) is 24.1 Å². The number of benzene rings is 3. The summed E-state index contributed by atoms with van der Waals surface area (Å²) in [6.07, 6.45) is 1.52. The molecule has 11 nitrogen and oxygen atoms in total. The Morgan fingerprint density at radius 3 is 1.98 bits per heavy atom. The molecule has 4 rings (SSSR count). The van der Waals surface area contributed by atoms with Gasteiger partial charge in [-0.2, -0.15) is 0 Å². The number of hydrogen-bond acceptors (Lipinski definition) is 9. The summed E-state index contributed by atoms with van der Waals surface area (Å²) in [7, 11) is 4.42. The van der Waals surface area contributed by atoms with E-state index in [1.54, 1.807) is 66.7 Å². The van der Waals surface area contributed by atoms with E-state index in [1.165, 1.54) is 27.4 Å². The van der Waals surface area contributed by atoms with Gasteiger partial charge in [-0.15, -0.1) is 0 Å². The minimum Gasteiger partial charge on any atom is -0.495 e. The molecule has 0 radical (unpaired) electrons. The van der Waals surface area contributed by atoms with Crippen molar-refractivity contribution in [3.8, 4) is 23.0 Å². The Balaban J connectivity index is 1.39. The molecular formula is C29H27N3O8S. The third kappa shape index (κ3) is 7.17. The van der Waals surface area contributed by atoms with Gasteiger partial charge in [-0.05, 0) is 59.8 Å². The number of rotatable bonds is 11. The van der Waals surface area contributed by atoms with Crippen LogP contribution in [0.15, 0.2) is 71.6 Å². The Morgan fingerprint density at radius 1 is 0.780 bits per heavy atom. The van der Waals surface area contributed by atoms with E-state index in [0.29, 0.717) is 39.9 Å². The van der Waals surface area contributed by atoms with Crippen LogP contribution >= 0.6 is 11.8 Å². The fourth-order valence-corrected chi connectivity index (χ4v) is 4.68. The molecule has 3 aromatic carbocycles. The minimum atomic E-state index is -0.595. The first kappa shape index (κ1) is 29.0. The van der Waals surface area contributed by atoms with Crippen molar-refractivity contribution in [2.24, 2.45) is 0 Å². The number of carbonyl (C=O) groups is 4. The molecule has 0 aromatic heterocycles. The maximum absolute atomic E-state index is 12.9. The van der Waals surface area contributed by atoms with Crippen LogP contribution in [0.4, 0.5) is 16.2 Å². The first-order valence-electron chi connectivity index (χ1n) is 12.2. The van der Waals surface area contributed by atoms with Crippen molar-refractivity contribution in [3.63, 3.8) is 0 Å². The maximum Gasteiger partial charge on any atom is 0.294 e. The lowest BCUT2D eigenvalue weighted by atomic mass is 10.2. The molecule has 0 aliphatic carbocycles. The van der Waals surface area contributed by atoms with Crippen molar-refractivity contribution in [2.75, 3.05) is 45.1 Å². The highest BCUT2D eigenvalue weighted by molar-refractivity contribution is 8.18. The number of carbonyl (C=O) groups excluding carboxylic acids is 4. The van der Waals surface area contributed by atoms with Crippen molar-refractivity contribution < 1.29 is 38.1 Å². The number of hydrogen-bond donors (Lipinski definition) is 2. The lowest BCUT2D eigenvalue weighted by molar-refractivity contribution is -0.127. The van der Waals surface area contributed by atoms with Crippen LogP contribution in [0.2, 0.25) is 0 Å². The summed E-state index contributed by atoms with van der Waals surface area (Å²) in [4.78, 5) is 51.4. The zero-order valence-corrected chi connectivity index (χ0v) is 23.3. The van der Waals surface area contributed by atoms with Crippen LogP contribution in [-0.4, -0.2) is 62.3 Å². The number of methoxy groups -OCH3 is 3. The number of thioether (sulfide) groups is 1. The quantitative estimate of drug-likeness (QED) is 0.318. The zero-order valence-electron chi connectivity index (χ0n) is 22.5. The first-order chi connectivity index (χ1) is 19.8. The van der Waals surface area contributed by atoms with E-state index in [9.17, 15) is 19.2 Å². The molecule has 0 unspecified atom stereocenters. The molecule has 1 aliphatic heterocycles. The molecule has 1 heterocycles. The standard InChI is InChI=1S/C29H27N3O8S/c1-37-21-10-6-4-8-19(21)30-26(33)16-32-28(35)25(41-29(32)36)15-18-12-13-23(24(14-18)39-3)40-17-27(34)31-20-9-5-7-11-22(20)38-2/h4-15H,16-17H2,1-3H3,(H,30,33)(H,31,34)/b25-15-. The van der Waals surface area contributed by atoms with Crippen molar-refractivity contribution in [1.29, 1.82) is 0 Å². The fourth-order valence-electron chi connectivity index (χ4n) is 3.84. The Bertz CT molecular complexity index is 1510. The predicted molar refractivity (Wildman–Crippen MR) is 154 cm³/mol. The van der Waals surface area contributed by atoms with Crippen molar-refractivity contribution in [1.82, 2.24) is 4.90 Å². The minimum absolute atomic E-state index is 0.145. The van der Waals surface area contributed by atoms with Crippen molar-refractivity contribution >= 4 is 52.2 Å². The van der Waals surface area contributed by atoms with E-state index in [4.69, 9.17) is 18.9 Å². The van der Waals surface area contributed by atoms with Gasteiger partial charge >= 0.3 is 0 Å². The van der Waals surface area contributed by atoms with Gasteiger partial charge in [0, 0.05) is 0 Å². The van der Waals surface area contributed by atoms with Crippen molar-refractivity contribution in [3.05, 3.63) is 77.2 Å². The van der Waals surface area contributed by atoms with E-state index < -0.39 is 29.5 Å². The number of amides is 4. The second-order valence-electron chi connectivity index (χ2n) is 8.46. The average Bonchev–Trinajstić information content (AvgIpc) is 3.23. The highest BCUT2D eigenvalue weighted by Gasteiger charge is 2.36. The van der Waals surface area contributed by atoms with Crippen LogP contribution in [0.25, 0.3) is 6.08 Å². The molecule has 2 N–H and O–H groups in total. The normalized spacial score (nSPS) is 13.6. The van der Waals surface area contributed by atoms with E-state index in [-0.39, 0.29) is 11.5 Å². The second-order valence-corrected chi connectivity index (χ2v) is 9.46. The average molecular weight is 578 g/mol. The van der Waals surface area contributed by atoms with Crippen LogP contribution < -0.4 is 29.6 Å². The maximum atomic E-state index is 12.9. The van der Waals surface area contributed by atoms with E-state index >= 15 is 0 Å². The Kier molecular flexibility index (Phi) is 9.48.